The predicted molar refractivity (Wildman–Crippen MR) is 63.5 cm³/mol. The fourth-order valence-electron chi connectivity index (χ4n) is 1.26. The molecule has 0 aliphatic carbocycles. The molecule has 0 bridgehead atoms. The zero-order chi connectivity index (χ0) is 12.3. The molecule has 0 fully saturated rings. The average molecular weight is 300 g/mol. The van der Waals surface area contributed by atoms with E-state index >= 15 is 0 Å². The molecule has 0 saturated carbocycles. The highest BCUT2D eigenvalue weighted by molar-refractivity contribution is 9.10. The van der Waals surface area contributed by atoms with Crippen LogP contribution in [0.3, 0.4) is 0 Å². The second-order valence-corrected chi connectivity index (χ2v) is 3.99. The van der Waals surface area contributed by atoms with Gasteiger partial charge in [-0.3, -0.25) is 4.79 Å². The standard InChI is InChI=1S/C9H10BrN5O2/c1-2-15-9(16)8(10)6(3-13-15)11-4-7-12-5-17-14-7/h3,5,11H,2,4H2,1H3. The molecule has 8 heteroatoms. The molecule has 2 aromatic rings. The van der Waals surface area contributed by atoms with Gasteiger partial charge in [-0.2, -0.15) is 10.1 Å². The highest BCUT2D eigenvalue weighted by Gasteiger charge is 2.08. The summed E-state index contributed by atoms with van der Waals surface area (Å²) in [6.07, 6.45) is 2.83. The molecule has 0 spiro atoms. The predicted octanol–water partition coefficient (Wildman–Crippen LogP) is 1.02. The number of aromatic nitrogens is 4. The second kappa shape index (κ2) is 5.09. The minimum atomic E-state index is -0.175. The Morgan fingerprint density at radius 1 is 1.59 bits per heavy atom. The van der Waals surface area contributed by atoms with E-state index in [1.165, 1.54) is 11.1 Å². The number of anilines is 1. The summed E-state index contributed by atoms with van der Waals surface area (Å²) < 4.78 is 6.41. The van der Waals surface area contributed by atoms with Gasteiger partial charge in [-0.15, -0.1) is 0 Å². The fourth-order valence-corrected chi connectivity index (χ4v) is 1.71. The Morgan fingerprint density at radius 2 is 2.41 bits per heavy atom. The van der Waals surface area contributed by atoms with Crippen molar-refractivity contribution in [2.45, 2.75) is 20.0 Å². The Hall–Kier alpha value is -1.70. The van der Waals surface area contributed by atoms with Gasteiger partial charge in [0.15, 0.2) is 5.82 Å². The fraction of sp³-hybridized carbons (Fsp3) is 0.333. The molecular formula is C9H10BrN5O2. The highest BCUT2D eigenvalue weighted by Crippen LogP contribution is 2.16. The molecular weight excluding hydrogens is 290 g/mol. The van der Waals surface area contributed by atoms with Crippen LogP contribution in [-0.4, -0.2) is 19.9 Å². The number of nitrogens with one attached hydrogen (secondary N) is 1. The van der Waals surface area contributed by atoms with E-state index in [0.29, 0.717) is 29.1 Å². The van der Waals surface area contributed by atoms with Crippen LogP contribution in [0.15, 0.2) is 26.4 Å². The molecule has 0 aliphatic rings. The lowest BCUT2D eigenvalue weighted by Crippen LogP contribution is -2.23. The lowest BCUT2D eigenvalue weighted by molar-refractivity contribution is 0.411. The Bertz CT molecular complexity index is 551. The van der Waals surface area contributed by atoms with Crippen LogP contribution in [0, 0.1) is 0 Å². The molecule has 0 aromatic carbocycles. The first kappa shape index (κ1) is 11.8. The van der Waals surface area contributed by atoms with Gasteiger partial charge in [0.1, 0.15) is 4.47 Å². The van der Waals surface area contributed by atoms with Crippen LogP contribution >= 0.6 is 15.9 Å². The van der Waals surface area contributed by atoms with E-state index in [9.17, 15) is 4.79 Å². The Labute approximate surface area is 105 Å². The maximum absolute atomic E-state index is 11.7. The molecule has 0 radical (unpaired) electrons. The van der Waals surface area contributed by atoms with Crippen LogP contribution < -0.4 is 10.9 Å². The molecule has 0 saturated heterocycles. The van der Waals surface area contributed by atoms with Crippen LogP contribution in [0.1, 0.15) is 12.7 Å². The van der Waals surface area contributed by atoms with E-state index in [4.69, 9.17) is 0 Å². The summed E-state index contributed by atoms with van der Waals surface area (Å²) in [4.78, 5) is 15.6. The van der Waals surface area contributed by atoms with E-state index < -0.39 is 0 Å². The average Bonchev–Trinajstić information content (AvgIpc) is 2.84. The summed E-state index contributed by atoms with van der Waals surface area (Å²) in [7, 11) is 0. The second-order valence-electron chi connectivity index (χ2n) is 3.19. The maximum atomic E-state index is 11.7. The van der Waals surface area contributed by atoms with E-state index in [2.05, 4.69) is 41.0 Å². The maximum Gasteiger partial charge on any atom is 0.283 e. The van der Waals surface area contributed by atoms with Crippen molar-refractivity contribution in [3.05, 3.63) is 33.2 Å². The molecule has 0 atom stereocenters. The first-order valence-electron chi connectivity index (χ1n) is 4.97. The molecule has 1 N–H and O–H groups in total. The summed E-state index contributed by atoms with van der Waals surface area (Å²) in [6, 6.07) is 0. The highest BCUT2D eigenvalue weighted by atomic mass is 79.9. The van der Waals surface area contributed by atoms with Crippen molar-refractivity contribution < 1.29 is 4.52 Å². The van der Waals surface area contributed by atoms with Gasteiger partial charge in [-0.25, -0.2) is 4.68 Å². The summed E-state index contributed by atoms with van der Waals surface area (Å²) in [5, 5.41) is 10.7. The number of rotatable bonds is 4. The van der Waals surface area contributed by atoms with Crippen molar-refractivity contribution >= 4 is 21.6 Å². The van der Waals surface area contributed by atoms with Crippen molar-refractivity contribution in [1.82, 2.24) is 19.9 Å². The normalized spacial score (nSPS) is 10.5. The van der Waals surface area contributed by atoms with Gasteiger partial charge in [0, 0.05) is 6.54 Å². The number of hydrogen-bond donors (Lipinski definition) is 1. The van der Waals surface area contributed by atoms with Crippen molar-refractivity contribution in [2.24, 2.45) is 0 Å². The van der Waals surface area contributed by atoms with Gasteiger partial charge in [-0.1, -0.05) is 5.16 Å². The molecule has 2 heterocycles. The molecule has 0 aliphatic heterocycles. The van der Waals surface area contributed by atoms with Crippen LogP contribution in [-0.2, 0) is 13.1 Å². The van der Waals surface area contributed by atoms with Crippen molar-refractivity contribution in [2.75, 3.05) is 5.32 Å². The van der Waals surface area contributed by atoms with Crippen molar-refractivity contribution in [1.29, 1.82) is 0 Å². The molecule has 2 rings (SSSR count). The van der Waals surface area contributed by atoms with Gasteiger partial charge in [0.05, 0.1) is 18.4 Å². The van der Waals surface area contributed by atoms with Gasteiger partial charge in [0.2, 0.25) is 6.39 Å². The largest absolute Gasteiger partial charge is 0.375 e. The molecule has 90 valence electrons. The minimum absolute atomic E-state index is 0.175. The lowest BCUT2D eigenvalue weighted by Gasteiger charge is -2.07. The zero-order valence-corrected chi connectivity index (χ0v) is 10.6. The molecule has 2 aromatic heterocycles. The zero-order valence-electron chi connectivity index (χ0n) is 9.05. The minimum Gasteiger partial charge on any atom is -0.375 e. The summed E-state index contributed by atoms with van der Waals surface area (Å²) in [6.45, 7) is 2.75. The summed E-state index contributed by atoms with van der Waals surface area (Å²) >= 11 is 3.24. The third kappa shape index (κ3) is 2.52. The number of halogens is 1. The Morgan fingerprint density at radius 3 is 3.06 bits per heavy atom. The van der Waals surface area contributed by atoms with E-state index in [-0.39, 0.29) is 5.56 Å². The van der Waals surface area contributed by atoms with E-state index in [0.717, 1.165) is 0 Å². The van der Waals surface area contributed by atoms with E-state index in [1.807, 2.05) is 6.92 Å². The van der Waals surface area contributed by atoms with Gasteiger partial charge < -0.3 is 9.84 Å². The first-order valence-corrected chi connectivity index (χ1v) is 5.76. The number of hydrogen-bond acceptors (Lipinski definition) is 6. The van der Waals surface area contributed by atoms with Crippen molar-refractivity contribution in [3.63, 3.8) is 0 Å². The smallest absolute Gasteiger partial charge is 0.283 e. The third-order valence-corrected chi connectivity index (χ3v) is 2.89. The monoisotopic (exact) mass is 299 g/mol. The molecule has 17 heavy (non-hydrogen) atoms. The van der Waals surface area contributed by atoms with Crippen LogP contribution in [0.25, 0.3) is 0 Å². The van der Waals surface area contributed by atoms with Crippen LogP contribution in [0.5, 0.6) is 0 Å². The van der Waals surface area contributed by atoms with E-state index in [1.54, 1.807) is 6.20 Å². The molecule has 0 unspecified atom stereocenters. The summed E-state index contributed by atoms with van der Waals surface area (Å²) in [5.41, 5.74) is 0.426. The van der Waals surface area contributed by atoms with Crippen molar-refractivity contribution in [3.8, 4) is 0 Å². The Balaban J connectivity index is 2.17. The van der Waals surface area contributed by atoms with Gasteiger partial charge in [0.25, 0.3) is 5.56 Å². The van der Waals surface area contributed by atoms with Gasteiger partial charge in [-0.05, 0) is 22.9 Å². The Kier molecular flexibility index (Phi) is 3.52. The molecule has 7 nitrogen and oxygen atoms in total. The van der Waals surface area contributed by atoms with Crippen LogP contribution in [0.2, 0.25) is 0 Å². The first-order chi connectivity index (χ1) is 8.22. The number of nitrogens with zero attached hydrogens (tertiary/aromatic N) is 4. The molecule has 0 amide bonds. The lowest BCUT2D eigenvalue weighted by atomic mass is 10.4. The topological polar surface area (TPSA) is 85.8 Å². The van der Waals surface area contributed by atoms with Gasteiger partial charge >= 0.3 is 0 Å². The summed E-state index contributed by atoms with van der Waals surface area (Å²) in [5.74, 6) is 0.511. The van der Waals surface area contributed by atoms with Crippen LogP contribution in [0.4, 0.5) is 5.69 Å². The number of aryl methyl sites for hydroxylation is 1. The quantitative estimate of drug-likeness (QED) is 0.907. The SMILES string of the molecule is CCn1ncc(NCc2ncon2)c(Br)c1=O. The third-order valence-electron chi connectivity index (χ3n) is 2.13.